The van der Waals surface area contributed by atoms with Crippen molar-refractivity contribution >= 4 is 15.9 Å². The average Bonchev–Trinajstić information content (AvgIpc) is 2.48. The molecule has 0 heterocycles. The number of carbonyl (C=O) groups is 1. The maximum atomic E-state index is 11.7. The molecule has 2 aliphatic rings. The van der Waals surface area contributed by atoms with Crippen molar-refractivity contribution in [2.75, 3.05) is 0 Å². The highest BCUT2D eigenvalue weighted by molar-refractivity contribution is 7.87. The predicted octanol–water partition coefficient (Wildman–Crippen LogP) is 0.781. The molecule has 4 atom stereocenters. The van der Waals surface area contributed by atoms with Crippen LogP contribution in [0.3, 0.4) is 0 Å². The van der Waals surface area contributed by atoms with Crippen LogP contribution in [-0.4, -0.2) is 24.0 Å². The summed E-state index contributed by atoms with van der Waals surface area (Å²) in [5.41, 5.74) is -0.222. The Bertz CT molecular complexity index is 409. The first-order chi connectivity index (χ1) is 6.67. The molecule has 86 valence electrons. The Labute approximate surface area is 89.8 Å². The fourth-order valence-electron chi connectivity index (χ4n) is 3.27. The van der Waals surface area contributed by atoms with Crippen molar-refractivity contribution in [3.05, 3.63) is 0 Å². The smallest absolute Gasteiger partial charge is 0.153 e. The monoisotopic (exact) mass is 231 g/mol. The fourth-order valence-corrected chi connectivity index (χ4v) is 4.59. The third kappa shape index (κ3) is 1.29. The largest absolute Gasteiger partial charge is 0.747 e. The second kappa shape index (κ2) is 2.83. The van der Waals surface area contributed by atoms with E-state index in [0.29, 0.717) is 6.42 Å². The molecule has 15 heavy (non-hydrogen) atoms. The zero-order valence-corrected chi connectivity index (χ0v) is 9.87. The van der Waals surface area contributed by atoms with Crippen molar-refractivity contribution < 1.29 is 17.8 Å². The van der Waals surface area contributed by atoms with Gasteiger partial charge in [0.1, 0.15) is 15.4 Å². The molecule has 0 aromatic heterocycles. The van der Waals surface area contributed by atoms with Crippen molar-refractivity contribution in [1.82, 2.24) is 0 Å². The summed E-state index contributed by atoms with van der Waals surface area (Å²) >= 11 is 0. The molecule has 0 N–H and O–H groups in total. The lowest BCUT2D eigenvalue weighted by Crippen LogP contribution is -2.46. The van der Waals surface area contributed by atoms with E-state index in [1.807, 2.05) is 20.8 Å². The number of hydrogen-bond donors (Lipinski definition) is 0. The van der Waals surface area contributed by atoms with Crippen LogP contribution in [-0.2, 0) is 14.9 Å². The molecule has 2 rings (SSSR count). The van der Waals surface area contributed by atoms with E-state index in [1.54, 1.807) is 0 Å². The van der Waals surface area contributed by atoms with Crippen LogP contribution in [0.15, 0.2) is 0 Å². The van der Waals surface area contributed by atoms with Gasteiger partial charge in [0.2, 0.25) is 0 Å². The standard InChI is InChI=1S/C10H16O4S/c1-5-6-4-7(10(5,2)3)9(8(6)11)15(12,13)14/h5-7,9H,4H2,1-3H3,(H,12,13,14)/p-1/t5-,6-,7-,9+/m0/s1. The highest BCUT2D eigenvalue weighted by Gasteiger charge is 2.61. The fraction of sp³-hybridized carbons (Fsp3) is 0.900. The van der Waals surface area contributed by atoms with Crippen molar-refractivity contribution in [3.63, 3.8) is 0 Å². The maximum absolute atomic E-state index is 11.7. The normalized spacial score (nSPS) is 43.6. The number of fused-ring (bicyclic) bond motifs is 2. The summed E-state index contributed by atoms with van der Waals surface area (Å²) in [6, 6.07) is 0. The van der Waals surface area contributed by atoms with E-state index in [1.165, 1.54) is 0 Å². The molecule has 2 fully saturated rings. The summed E-state index contributed by atoms with van der Waals surface area (Å²) in [7, 11) is -4.48. The summed E-state index contributed by atoms with van der Waals surface area (Å²) in [5, 5.41) is -1.28. The van der Waals surface area contributed by atoms with Gasteiger partial charge in [0, 0.05) is 5.92 Å². The van der Waals surface area contributed by atoms with Gasteiger partial charge in [0.25, 0.3) is 0 Å². The van der Waals surface area contributed by atoms with Crippen LogP contribution in [0.4, 0.5) is 0 Å². The second-order valence-electron chi connectivity index (χ2n) is 5.37. The van der Waals surface area contributed by atoms with Crippen LogP contribution in [0, 0.1) is 23.2 Å². The van der Waals surface area contributed by atoms with Crippen molar-refractivity contribution in [1.29, 1.82) is 0 Å². The molecular formula is C10H15O4S-. The number of carbonyl (C=O) groups excluding carboxylic acids is 1. The van der Waals surface area contributed by atoms with Gasteiger partial charge in [-0.15, -0.1) is 0 Å². The molecule has 0 aliphatic heterocycles. The summed E-state index contributed by atoms with van der Waals surface area (Å²) in [6.45, 7) is 5.87. The summed E-state index contributed by atoms with van der Waals surface area (Å²) in [4.78, 5) is 11.7. The minimum Gasteiger partial charge on any atom is -0.747 e. The van der Waals surface area contributed by atoms with Gasteiger partial charge in [-0.25, -0.2) is 8.42 Å². The van der Waals surface area contributed by atoms with Crippen LogP contribution in [0.2, 0.25) is 0 Å². The van der Waals surface area contributed by atoms with Crippen LogP contribution in [0.5, 0.6) is 0 Å². The lowest BCUT2D eigenvalue weighted by atomic mass is 9.69. The Kier molecular flexibility index (Phi) is 2.09. The number of hydrogen-bond acceptors (Lipinski definition) is 4. The SMILES string of the molecule is C[C@H]1[C@@H]2C[C@@H]([C@@H](S(=O)(=O)[O-])C2=O)C1(C)C. The Balaban J connectivity index is 2.46. The topological polar surface area (TPSA) is 74.3 Å². The van der Waals surface area contributed by atoms with E-state index in [-0.39, 0.29) is 29.0 Å². The molecule has 2 aliphatic carbocycles. The minimum atomic E-state index is -4.48. The van der Waals surface area contributed by atoms with Gasteiger partial charge < -0.3 is 4.55 Å². The molecule has 5 heteroatoms. The van der Waals surface area contributed by atoms with Crippen LogP contribution < -0.4 is 0 Å². The molecule has 2 bridgehead atoms. The predicted molar refractivity (Wildman–Crippen MR) is 53.0 cm³/mol. The quantitative estimate of drug-likeness (QED) is 0.625. The van der Waals surface area contributed by atoms with Crippen molar-refractivity contribution in [2.45, 2.75) is 32.4 Å². The summed E-state index contributed by atoms with van der Waals surface area (Å²) in [6.07, 6.45) is 0.569. The third-order valence-corrected chi connectivity index (χ3v) is 5.75. The number of rotatable bonds is 1. The first kappa shape index (κ1) is 11.1. The van der Waals surface area contributed by atoms with E-state index in [9.17, 15) is 17.8 Å². The van der Waals surface area contributed by atoms with E-state index >= 15 is 0 Å². The van der Waals surface area contributed by atoms with Crippen molar-refractivity contribution in [2.24, 2.45) is 23.2 Å². The molecule has 0 aromatic carbocycles. The molecule has 0 saturated heterocycles. The van der Waals surface area contributed by atoms with E-state index < -0.39 is 15.4 Å². The lowest BCUT2D eigenvalue weighted by Gasteiger charge is -2.40. The van der Waals surface area contributed by atoms with Gasteiger partial charge >= 0.3 is 0 Å². The van der Waals surface area contributed by atoms with Gasteiger partial charge in [-0.2, -0.15) is 0 Å². The summed E-state index contributed by atoms with van der Waals surface area (Å²) in [5.74, 6) is -0.680. The van der Waals surface area contributed by atoms with Crippen LogP contribution in [0.25, 0.3) is 0 Å². The van der Waals surface area contributed by atoms with Crippen molar-refractivity contribution in [3.8, 4) is 0 Å². The highest BCUT2D eigenvalue weighted by atomic mass is 32.2. The Morgan fingerprint density at radius 1 is 1.40 bits per heavy atom. The van der Waals surface area contributed by atoms with E-state index in [4.69, 9.17) is 0 Å². The average molecular weight is 231 g/mol. The summed E-state index contributed by atoms with van der Waals surface area (Å²) < 4.78 is 33.2. The Morgan fingerprint density at radius 2 is 1.93 bits per heavy atom. The highest BCUT2D eigenvalue weighted by Crippen LogP contribution is 2.58. The molecule has 0 radical (unpaired) electrons. The molecule has 0 aromatic rings. The first-order valence-corrected chi connectivity index (χ1v) is 6.63. The molecular weight excluding hydrogens is 216 g/mol. The van der Waals surface area contributed by atoms with Crippen LogP contribution >= 0.6 is 0 Å². The molecule has 0 spiro atoms. The Hall–Kier alpha value is -0.420. The van der Waals surface area contributed by atoms with Gasteiger partial charge in [0.05, 0.1) is 0 Å². The molecule has 4 nitrogen and oxygen atoms in total. The second-order valence-corrected chi connectivity index (χ2v) is 6.87. The molecule has 0 amide bonds. The minimum absolute atomic E-state index is 0.174. The number of Topliss-reactive ketones (excluding diaryl/α,β-unsaturated/α-hetero) is 1. The maximum Gasteiger partial charge on any atom is 0.153 e. The molecule has 2 saturated carbocycles. The van der Waals surface area contributed by atoms with E-state index in [2.05, 4.69) is 0 Å². The Morgan fingerprint density at radius 3 is 2.33 bits per heavy atom. The third-order valence-electron chi connectivity index (χ3n) is 4.56. The van der Waals surface area contributed by atoms with Gasteiger partial charge in [0.15, 0.2) is 5.78 Å². The van der Waals surface area contributed by atoms with Gasteiger partial charge in [-0.1, -0.05) is 20.8 Å². The molecule has 0 unspecified atom stereocenters. The van der Waals surface area contributed by atoms with Crippen LogP contribution in [0.1, 0.15) is 27.2 Å². The van der Waals surface area contributed by atoms with Gasteiger partial charge in [-0.3, -0.25) is 4.79 Å². The zero-order chi connectivity index (χ0) is 11.6. The first-order valence-electron chi connectivity index (χ1n) is 5.16. The zero-order valence-electron chi connectivity index (χ0n) is 9.06. The van der Waals surface area contributed by atoms with Gasteiger partial charge in [-0.05, 0) is 23.7 Å². The number of ketones is 1. The van der Waals surface area contributed by atoms with E-state index in [0.717, 1.165) is 0 Å². The lowest BCUT2D eigenvalue weighted by molar-refractivity contribution is -0.125.